The molecule has 2 aliphatic rings. The second-order valence-corrected chi connectivity index (χ2v) is 10.7. The first-order valence-corrected chi connectivity index (χ1v) is 14.1. The molecule has 10 nitrogen and oxygen atoms in total. The summed E-state index contributed by atoms with van der Waals surface area (Å²) in [5.41, 5.74) is 7.53. The van der Waals surface area contributed by atoms with E-state index in [1.54, 1.807) is 18.2 Å². The van der Waals surface area contributed by atoms with Crippen molar-refractivity contribution in [3.63, 3.8) is 0 Å². The number of rotatable bonds is 1. The zero-order valence-electron chi connectivity index (χ0n) is 23.5. The molecule has 42 heavy (non-hydrogen) atoms. The Morgan fingerprint density at radius 1 is 1.14 bits per heavy atom. The van der Waals surface area contributed by atoms with E-state index >= 15 is 0 Å². The summed E-state index contributed by atoms with van der Waals surface area (Å²) in [5.74, 6) is 5.52. The molecule has 0 aliphatic carbocycles. The van der Waals surface area contributed by atoms with Crippen LogP contribution in [0.15, 0.2) is 30.5 Å². The summed E-state index contributed by atoms with van der Waals surface area (Å²) in [6.45, 7) is 2.77. The summed E-state index contributed by atoms with van der Waals surface area (Å²) in [4.78, 5) is 15.0. The van der Waals surface area contributed by atoms with Gasteiger partial charge in [0.2, 0.25) is 0 Å². The minimum absolute atomic E-state index is 0.0650. The van der Waals surface area contributed by atoms with Gasteiger partial charge in [-0.2, -0.15) is 18.3 Å². The first kappa shape index (κ1) is 29.8. The molecule has 5 rings (SSSR count). The molecule has 1 fully saturated rings. The van der Waals surface area contributed by atoms with Crippen LogP contribution in [-0.2, 0) is 22.6 Å². The number of hydrogen-bond acceptors (Lipinski definition) is 7. The third-order valence-electron chi connectivity index (χ3n) is 7.62. The van der Waals surface area contributed by atoms with Crippen LogP contribution in [0.2, 0.25) is 0 Å². The summed E-state index contributed by atoms with van der Waals surface area (Å²) in [6.07, 6.45) is -1.18. The minimum Gasteiger partial charge on any atom is -0.382 e. The fourth-order valence-corrected chi connectivity index (χ4v) is 5.55. The summed E-state index contributed by atoms with van der Waals surface area (Å²) >= 11 is 0. The second kappa shape index (κ2) is 13.1. The van der Waals surface area contributed by atoms with E-state index in [2.05, 4.69) is 39.5 Å². The van der Waals surface area contributed by atoms with Crippen molar-refractivity contribution in [3.8, 4) is 11.8 Å². The van der Waals surface area contributed by atoms with Crippen LogP contribution in [0.4, 0.5) is 24.7 Å². The van der Waals surface area contributed by atoms with Gasteiger partial charge in [0.05, 0.1) is 44.1 Å². The number of hydrogen-bond donors (Lipinski definition) is 3. The molecule has 2 aromatic heterocycles. The number of likely N-dealkylation sites (tertiary alicyclic amines) is 1. The molecule has 0 radical (unpaired) electrons. The Labute approximate surface area is 242 Å². The van der Waals surface area contributed by atoms with Gasteiger partial charge in [0.15, 0.2) is 5.82 Å². The Bertz CT molecular complexity index is 1460. The van der Waals surface area contributed by atoms with Crippen molar-refractivity contribution in [1.82, 2.24) is 24.6 Å². The first-order chi connectivity index (χ1) is 20.2. The zero-order valence-corrected chi connectivity index (χ0v) is 23.5. The Morgan fingerprint density at radius 3 is 2.76 bits per heavy atom. The van der Waals surface area contributed by atoms with Gasteiger partial charge in [0.1, 0.15) is 12.1 Å². The van der Waals surface area contributed by atoms with Crippen LogP contribution in [-0.4, -0.2) is 90.5 Å². The number of fused-ring (bicyclic) bond motifs is 4. The van der Waals surface area contributed by atoms with Crippen LogP contribution in [0.5, 0.6) is 0 Å². The molecule has 0 spiro atoms. The molecule has 2 atom stereocenters. The molecule has 3 aromatic rings. The number of piperidine rings is 1. The van der Waals surface area contributed by atoms with Crippen molar-refractivity contribution >= 4 is 28.3 Å². The number of nitrogens with zero attached hydrogens (tertiary/aromatic N) is 4. The standard InChI is InChI=1S/C29H36F3N7O3/c1-37-10-7-24-20(17-37)8-12-41-14-15-42-13-11-38-18-23(27(33)36-38)28(40)34-9-3-4-21-16-22-25(35-24)5-2-6-26(22)39(21)19-29(30,31)32/h2,5-6,16,18,20,24,35H,7-15,17,19H2,1H3,(H2,33,36)(H,34,40)/t20-,24-/m0/s1. The van der Waals surface area contributed by atoms with Crippen LogP contribution >= 0.6 is 0 Å². The SMILES string of the molecule is CN1CC[C@@H]2Nc3cccc4c3cc(n4CC(F)(F)F)C#CCNC(=O)c3cn(nc3N)CCOCCOCC[C@H]2C1. The first-order valence-electron chi connectivity index (χ1n) is 14.1. The molecule has 1 amide bonds. The topological polar surface area (TPSA) is 112 Å². The van der Waals surface area contributed by atoms with Gasteiger partial charge >= 0.3 is 6.18 Å². The average molecular weight is 588 g/mol. The molecular formula is C29H36F3N7O3. The summed E-state index contributed by atoms with van der Waals surface area (Å²) in [5, 5.41) is 11.1. The number of nitrogens with one attached hydrogen (secondary N) is 2. The van der Waals surface area contributed by atoms with Crippen molar-refractivity contribution in [2.24, 2.45) is 5.92 Å². The number of nitrogens with two attached hydrogens (primary N) is 1. The molecular weight excluding hydrogens is 551 g/mol. The fourth-order valence-electron chi connectivity index (χ4n) is 5.55. The van der Waals surface area contributed by atoms with Crippen molar-refractivity contribution < 1.29 is 27.4 Å². The van der Waals surface area contributed by atoms with Crippen molar-refractivity contribution in [2.75, 3.05) is 64.2 Å². The third-order valence-corrected chi connectivity index (χ3v) is 7.62. The third kappa shape index (κ3) is 7.36. The second-order valence-electron chi connectivity index (χ2n) is 10.7. The lowest BCUT2D eigenvalue weighted by Gasteiger charge is -2.38. The number of alkyl halides is 3. The number of benzene rings is 1. The predicted octanol–water partition coefficient (Wildman–Crippen LogP) is 2.93. The molecule has 0 unspecified atom stereocenters. The average Bonchev–Trinajstić information content (AvgIpc) is 3.48. The van der Waals surface area contributed by atoms with E-state index in [9.17, 15) is 18.0 Å². The van der Waals surface area contributed by atoms with E-state index in [0.29, 0.717) is 49.8 Å². The van der Waals surface area contributed by atoms with Crippen LogP contribution in [0.25, 0.3) is 10.9 Å². The number of ether oxygens (including phenoxy) is 2. The Kier molecular flexibility index (Phi) is 9.25. The Morgan fingerprint density at radius 2 is 1.95 bits per heavy atom. The lowest BCUT2D eigenvalue weighted by molar-refractivity contribution is -0.140. The van der Waals surface area contributed by atoms with Gasteiger partial charge in [-0.25, -0.2) is 0 Å². The molecule has 13 heteroatoms. The molecule has 4 bridgehead atoms. The summed E-state index contributed by atoms with van der Waals surface area (Å²) in [7, 11) is 2.09. The van der Waals surface area contributed by atoms with Crippen LogP contribution in [0, 0.1) is 17.8 Å². The van der Waals surface area contributed by atoms with Crippen molar-refractivity contribution in [1.29, 1.82) is 0 Å². The highest BCUT2D eigenvalue weighted by molar-refractivity contribution is 5.98. The van der Waals surface area contributed by atoms with Gasteiger partial charge in [-0.15, -0.1) is 0 Å². The Hall–Kier alpha value is -3.73. The monoisotopic (exact) mass is 587 g/mol. The number of amides is 1. The van der Waals surface area contributed by atoms with Gasteiger partial charge in [0, 0.05) is 36.5 Å². The lowest BCUT2D eigenvalue weighted by Crippen LogP contribution is -2.45. The molecule has 4 heterocycles. The van der Waals surface area contributed by atoms with E-state index < -0.39 is 18.6 Å². The van der Waals surface area contributed by atoms with E-state index in [0.717, 1.165) is 31.6 Å². The zero-order chi connectivity index (χ0) is 29.7. The van der Waals surface area contributed by atoms with E-state index in [1.807, 2.05) is 6.07 Å². The number of halogens is 3. The van der Waals surface area contributed by atoms with E-state index in [-0.39, 0.29) is 29.7 Å². The molecule has 4 N–H and O–H groups in total. The highest BCUT2D eigenvalue weighted by Crippen LogP contribution is 2.32. The van der Waals surface area contributed by atoms with Gasteiger partial charge in [-0.3, -0.25) is 9.48 Å². The van der Waals surface area contributed by atoms with Gasteiger partial charge in [-0.1, -0.05) is 12.0 Å². The molecule has 0 saturated carbocycles. The van der Waals surface area contributed by atoms with E-state index in [4.69, 9.17) is 15.2 Å². The van der Waals surface area contributed by atoms with Crippen LogP contribution < -0.4 is 16.4 Å². The highest BCUT2D eigenvalue weighted by atomic mass is 19.4. The van der Waals surface area contributed by atoms with Crippen molar-refractivity contribution in [3.05, 3.63) is 41.7 Å². The van der Waals surface area contributed by atoms with Crippen LogP contribution in [0.3, 0.4) is 0 Å². The van der Waals surface area contributed by atoms with E-state index in [1.165, 1.54) is 15.4 Å². The molecule has 226 valence electrons. The predicted molar refractivity (Wildman–Crippen MR) is 153 cm³/mol. The molecule has 1 aromatic carbocycles. The maximum absolute atomic E-state index is 13.6. The van der Waals surface area contributed by atoms with Gasteiger partial charge < -0.3 is 35.3 Å². The minimum atomic E-state index is -4.44. The summed E-state index contributed by atoms with van der Waals surface area (Å²) < 4.78 is 55.1. The number of nitrogen functional groups attached to an aromatic ring is 1. The van der Waals surface area contributed by atoms with Crippen molar-refractivity contribution in [2.45, 2.75) is 38.1 Å². The Balaban J connectivity index is 1.45. The lowest BCUT2D eigenvalue weighted by atomic mass is 9.89. The fraction of sp³-hybridized carbons (Fsp3) is 0.517. The number of aromatic nitrogens is 3. The largest absolute Gasteiger partial charge is 0.406 e. The maximum atomic E-state index is 13.6. The quantitative estimate of drug-likeness (QED) is 0.376. The number of anilines is 2. The van der Waals surface area contributed by atoms with Crippen LogP contribution in [0.1, 0.15) is 28.9 Å². The smallest absolute Gasteiger partial charge is 0.382 e. The number of carbonyl (C=O) groups excluding carboxylic acids is 1. The normalized spacial score (nSPS) is 21.7. The molecule has 2 aliphatic heterocycles. The van der Waals surface area contributed by atoms with Gasteiger partial charge in [0.25, 0.3) is 5.91 Å². The number of carbonyl (C=O) groups is 1. The maximum Gasteiger partial charge on any atom is 0.406 e. The molecule has 1 saturated heterocycles. The highest BCUT2D eigenvalue weighted by Gasteiger charge is 2.31. The summed E-state index contributed by atoms with van der Waals surface area (Å²) in [6, 6.07) is 7.15. The van der Waals surface area contributed by atoms with Gasteiger partial charge in [-0.05, 0) is 56.5 Å².